The third kappa shape index (κ3) is 3.48. The number of amides is 1. The molecule has 1 aliphatic rings. The van der Waals surface area contributed by atoms with Gasteiger partial charge in [-0.3, -0.25) is 9.59 Å². The molecule has 0 spiro atoms. The van der Waals surface area contributed by atoms with Gasteiger partial charge in [0.25, 0.3) is 5.56 Å². The second-order valence-corrected chi connectivity index (χ2v) is 7.87. The summed E-state index contributed by atoms with van der Waals surface area (Å²) in [4.78, 5) is 32.1. The van der Waals surface area contributed by atoms with E-state index in [2.05, 4.69) is 27.4 Å². The molecule has 0 radical (unpaired) electrons. The van der Waals surface area contributed by atoms with Gasteiger partial charge in [0.1, 0.15) is 4.83 Å². The number of nitrogens with one attached hydrogen (secondary N) is 2. The van der Waals surface area contributed by atoms with Gasteiger partial charge in [-0.05, 0) is 41.8 Å². The number of aryl methyl sites for hydroxylation is 1. The first-order valence-corrected chi connectivity index (χ1v) is 10.0. The summed E-state index contributed by atoms with van der Waals surface area (Å²) >= 11 is 2.68. The molecule has 3 aromatic rings. The number of H-pyrrole nitrogens is 1. The van der Waals surface area contributed by atoms with Crippen molar-refractivity contribution < 1.29 is 4.79 Å². The van der Waals surface area contributed by atoms with Gasteiger partial charge >= 0.3 is 0 Å². The molecule has 1 atom stereocenters. The second kappa shape index (κ2) is 7.01. The van der Waals surface area contributed by atoms with Gasteiger partial charge in [0.05, 0.1) is 17.2 Å². The van der Waals surface area contributed by atoms with E-state index in [1.807, 2.05) is 17.5 Å². The van der Waals surface area contributed by atoms with Crippen molar-refractivity contribution in [3.05, 3.63) is 57.2 Å². The first-order chi connectivity index (χ1) is 12.2. The van der Waals surface area contributed by atoms with Crippen LogP contribution in [0.4, 0.5) is 0 Å². The Balaban J connectivity index is 1.42. The monoisotopic (exact) mass is 371 g/mol. The Morgan fingerprint density at radius 2 is 2.24 bits per heavy atom. The zero-order valence-electron chi connectivity index (χ0n) is 13.5. The van der Waals surface area contributed by atoms with Crippen molar-refractivity contribution in [3.8, 4) is 0 Å². The highest BCUT2D eigenvalue weighted by atomic mass is 32.2. The summed E-state index contributed by atoms with van der Waals surface area (Å²) in [6.07, 6.45) is 3.12. The van der Waals surface area contributed by atoms with Crippen LogP contribution in [-0.2, 0) is 11.2 Å². The molecule has 0 fully saturated rings. The van der Waals surface area contributed by atoms with Gasteiger partial charge < -0.3 is 10.3 Å². The van der Waals surface area contributed by atoms with Gasteiger partial charge in [0, 0.05) is 0 Å². The van der Waals surface area contributed by atoms with E-state index >= 15 is 0 Å². The zero-order chi connectivity index (χ0) is 17.2. The van der Waals surface area contributed by atoms with E-state index in [1.165, 1.54) is 34.2 Å². The third-order valence-electron chi connectivity index (χ3n) is 4.36. The molecule has 5 nitrogen and oxygen atoms in total. The number of rotatable bonds is 4. The van der Waals surface area contributed by atoms with Crippen molar-refractivity contribution in [2.75, 3.05) is 5.75 Å². The van der Waals surface area contributed by atoms with E-state index in [1.54, 1.807) is 6.07 Å². The molecule has 1 amide bonds. The molecule has 128 valence electrons. The minimum absolute atomic E-state index is 0.0411. The van der Waals surface area contributed by atoms with Crippen LogP contribution in [0.1, 0.15) is 30.0 Å². The highest BCUT2D eigenvalue weighted by Gasteiger charge is 2.21. The number of thiophene rings is 1. The lowest BCUT2D eigenvalue weighted by Crippen LogP contribution is -2.32. The normalized spacial score (nSPS) is 16.6. The van der Waals surface area contributed by atoms with Gasteiger partial charge in [-0.2, -0.15) is 0 Å². The molecular weight excluding hydrogens is 354 g/mol. The van der Waals surface area contributed by atoms with Gasteiger partial charge in [-0.15, -0.1) is 11.3 Å². The van der Waals surface area contributed by atoms with E-state index < -0.39 is 0 Å². The van der Waals surface area contributed by atoms with Crippen molar-refractivity contribution in [2.24, 2.45) is 0 Å². The number of aromatic amines is 1. The highest BCUT2D eigenvalue weighted by molar-refractivity contribution is 7.99. The number of benzene rings is 1. The fraction of sp³-hybridized carbons (Fsp3) is 0.278. The first-order valence-electron chi connectivity index (χ1n) is 8.18. The molecule has 1 aromatic carbocycles. The van der Waals surface area contributed by atoms with E-state index in [9.17, 15) is 9.59 Å². The Bertz CT molecular complexity index is 980. The number of carbonyl (C=O) groups is 1. The van der Waals surface area contributed by atoms with E-state index in [0.29, 0.717) is 15.4 Å². The highest BCUT2D eigenvalue weighted by Crippen LogP contribution is 2.29. The summed E-state index contributed by atoms with van der Waals surface area (Å²) < 4.78 is 0. The maximum Gasteiger partial charge on any atom is 0.260 e. The van der Waals surface area contributed by atoms with Crippen molar-refractivity contribution >= 4 is 39.2 Å². The fourth-order valence-corrected chi connectivity index (χ4v) is 4.68. The molecule has 0 aliphatic heterocycles. The Hall–Kier alpha value is -2.12. The molecule has 25 heavy (non-hydrogen) atoms. The maximum absolute atomic E-state index is 12.3. The predicted octanol–water partition coefficient (Wildman–Crippen LogP) is 3.27. The number of thioether (sulfide) groups is 1. The van der Waals surface area contributed by atoms with Crippen LogP contribution in [0.15, 0.2) is 45.7 Å². The van der Waals surface area contributed by atoms with Gasteiger partial charge in [-0.1, -0.05) is 36.0 Å². The lowest BCUT2D eigenvalue weighted by Gasteiger charge is -2.26. The summed E-state index contributed by atoms with van der Waals surface area (Å²) in [6, 6.07) is 10.1. The van der Waals surface area contributed by atoms with Crippen molar-refractivity contribution in [1.82, 2.24) is 15.3 Å². The van der Waals surface area contributed by atoms with Crippen molar-refractivity contribution in [3.63, 3.8) is 0 Å². The summed E-state index contributed by atoms with van der Waals surface area (Å²) in [7, 11) is 0. The smallest absolute Gasteiger partial charge is 0.260 e. The van der Waals surface area contributed by atoms with Crippen LogP contribution in [0.3, 0.4) is 0 Å². The Morgan fingerprint density at radius 1 is 1.36 bits per heavy atom. The lowest BCUT2D eigenvalue weighted by atomic mass is 9.88. The van der Waals surface area contributed by atoms with Crippen LogP contribution < -0.4 is 10.9 Å². The molecule has 0 unspecified atom stereocenters. The van der Waals surface area contributed by atoms with Crippen LogP contribution in [0, 0.1) is 0 Å². The van der Waals surface area contributed by atoms with E-state index in [-0.39, 0.29) is 23.3 Å². The zero-order valence-corrected chi connectivity index (χ0v) is 15.1. The van der Waals surface area contributed by atoms with Crippen LogP contribution in [0.2, 0.25) is 0 Å². The molecule has 0 saturated carbocycles. The minimum Gasteiger partial charge on any atom is -0.349 e. The van der Waals surface area contributed by atoms with E-state index in [0.717, 1.165) is 19.3 Å². The summed E-state index contributed by atoms with van der Waals surface area (Å²) in [5, 5.41) is 6.04. The molecule has 4 rings (SSSR count). The first kappa shape index (κ1) is 16.4. The van der Waals surface area contributed by atoms with Crippen LogP contribution >= 0.6 is 23.1 Å². The van der Waals surface area contributed by atoms with Crippen molar-refractivity contribution in [2.45, 2.75) is 30.5 Å². The molecule has 2 aromatic heterocycles. The number of hydrogen-bond donors (Lipinski definition) is 2. The van der Waals surface area contributed by atoms with Crippen LogP contribution in [0.25, 0.3) is 10.2 Å². The molecule has 0 saturated heterocycles. The number of aromatic nitrogens is 2. The molecule has 1 aliphatic carbocycles. The molecule has 0 bridgehead atoms. The van der Waals surface area contributed by atoms with Crippen LogP contribution in [0.5, 0.6) is 0 Å². The number of hydrogen-bond acceptors (Lipinski definition) is 5. The Labute approximate surface area is 152 Å². The topological polar surface area (TPSA) is 74.8 Å². The van der Waals surface area contributed by atoms with Gasteiger partial charge in [-0.25, -0.2) is 4.98 Å². The summed E-state index contributed by atoms with van der Waals surface area (Å²) in [5.41, 5.74) is 2.38. The SMILES string of the molecule is O=C(CSc1nc2sccc2c(=O)[nH]1)N[C@H]1CCCc2ccccc21. The lowest BCUT2D eigenvalue weighted by molar-refractivity contribution is -0.119. The molecule has 2 N–H and O–H groups in total. The molecule has 7 heteroatoms. The summed E-state index contributed by atoms with van der Waals surface area (Å²) in [5.74, 6) is 0.194. The van der Waals surface area contributed by atoms with Gasteiger partial charge in [0.15, 0.2) is 5.16 Å². The molecular formula is C18H17N3O2S2. The predicted molar refractivity (Wildman–Crippen MR) is 101 cm³/mol. The van der Waals surface area contributed by atoms with Crippen LogP contribution in [-0.4, -0.2) is 21.6 Å². The van der Waals surface area contributed by atoms with Crippen molar-refractivity contribution in [1.29, 1.82) is 0 Å². The Morgan fingerprint density at radius 3 is 3.16 bits per heavy atom. The average Bonchev–Trinajstić information content (AvgIpc) is 3.10. The largest absolute Gasteiger partial charge is 0.349 e. The molecule has 2 heterocycles. The second-order valence-electron chi connectivity index (χ2n) is 6.01. The summed E-state index contributed by atoms with van der Waals surface area (Å²) in [6.45, 7) is 0. The third-order valence-corrected chi connectivity index (χ3v) is 6.04. The minimum atomic E-state index is -0.157. The fourth-order valence-electron chi connectivity index (χ4n) is 3.19. The maximum atomic E-state index is 12.3. The average molecular weight is 371 g/mol. The van der Waals surface area contributed by atoms with Gasteiger partial charge in [0.2, 0.25) is 5.91 Å². The standard InChI is InChI=1S/C18H17N3O2S2/c22-15(19-14-7-3-5-11-4-1-2-6-12(11)14)10-25-18-20-16(23)13-8-9-24-17(13)21-18/h1-2,4,6,8-9,14H,3,5,7,10H2,(H,19,22)(H,20,21,23)/t14-/m0/s1. The Kier molecular flexibility index (Phi) is 4.59. The number of nitrogens with zero attached hydrogens (tertiary/aromatic N) is 1. The van der Waals surface area contributed by atoms with E-state index in [4.69, 9.17) is 0 Å². The number of fused-ring (bicyclic) bond motifs is 2. The number of carbonyl (C=O) groups excluding carboxylic acids is 1. The quantitative estimate of drug-likeness (QED) is 0.545.